The Hall–Kier alpha value is -3.15. The number of hydrogen-bond donors (Lipinski definition) is 2. The summed E-state index contributed by atoms with van der Waals surface area (Å²) in [5, 5.41) is 5.43. The molecule has 33 heavy (non-hydrogen) atoms. The van der Waals surface area contributed by atoms with Gasteiger partial charge in [-0.3, -0.25) is 0 Å². The minimum atomic E-state index is -0.287. The Bertz CT molecular complexity index is 1350. The molecule has 5 rings (SSSR count). The minimum Gasteiger partial charge on any atom is -0.497 e. The monoisotopic (exact) mass is 479 g/mol. The Labute approximate surface area is 202 Å². The Morgan fingerprint density at radius 3 is 2.55 bits per heavy atom. The molecular weight excluding hydrogens is 457 g/mol. The topological polar surface area (TPSA) is 57.4 Å². The number of methoxy groups -OCH3 is 1. The maximum absolute atomic E-state index is 13.5. The van der Waals surface area contributed by atoms with E-state index in [2.05, 4.69) is 10.3 Å². The highest BCUT2D eigenvalue weighted by atomic mass is 35.5. The molecule has 0 unspecified atom stereocenters. The lowest BCUT2D eigenvalue weighted by molar-refractivity contribution is 0.193. The number of urea groups is 1. The fourth-order valence-corrected chi connectivity index (χ4v) is 4.87. The Morgan fingerprint density at radius 1 is 1.06 bits per heavy atom. The number of fused-ring (bicyclic) bond motifs is 3. The van der Waals surface area contributed by atoms with Crippen molar-refractivity contribution in [1.82, 2.24) is 9.88 Å². The fraction of sp³-hybridized carbons (Fsp3) is 0.192. The van der Waals surface area contributed by atoms with Crippen LogP contribution in [0.1, 0.15) is 28.4 Å². The summed E-state index contributed by atoms with van der Waals surface area (Å²) in [6, 6.07) is 18.7. The molecule has 1 aliphatic heterocycles. The van der Waals surface area contributed by atoms with Crippen LogP contribution in [0.15, 0.2) is 60.7 Å². The van der Waals surface area contributed by atoms with E-state index >= 15 is 0 Å². The zero-order chi connectivity index (χ0) is 23.1. The lowest BCUT2D eigenvalue weighted by Gasteiger charge is -2.36. The van der Waals surface area contributed by atoms with Crippen LogP contribution in [0, 0.1) is 6.92 Å². The van der Waals surface area contributed by atoms with Crippen molar-refractivity contribution >= 4 is 45.8 Å². The quantitative estimate of drug-likeness (QED) is 0.333. The summed E-state index contributed by atoms with van der Waals surface area (Å²) in [6.45, 7) is 2.51. The van der Waals surface area contributed by atoms with Crippen molar-refractivity contribution in [3.63, 3.8) is 0 Å². The average Bonchev–Trinajstić information content (AvgIpc) is 3.18. The highest BCUT2D eigenvalue weighted by Gasteiger charge is 2.35. The van der Waals surface area contributed by atoms with E-state index in [-0.39, 0.29) is 12.1 Å². The molecule has 2 heterocycles. The summed E-state index contributed by atoms with van der Waals surface area (Å²) < 4.78 is 5.34. The third-order valence-corrected chi connectivity index (χ3v) is 6.69. The molecule has 1 atom stereocenters. The van der Waals surface area contributed by atoms with E-state index in [0.29, 0.717) is 22.3 Å². The highest BCUT2D eigenvalue weighted by Crippen LogP contribution is 2.40. The van der Waals surface area contributed by atoms with Gasteiger partial charge in [0.15, 0.2) is 0 Å². The lowest BCUT2D eigenvalue weighted by Crippen LogP contribution is -2.43. The summed E-state index contributed by atoms with van der Waals surface area (Å²) in [5.41, 5.74) is 5.85. The van der Waals surface area contributed by atoms with E-state index in [1.807, 2.05) is 66.4 Å². The number of aryl methyl sites for hydroxylation is 1. The Morgan fingerprint density at radius 2 is 1.79 bits per heavy atom. The number of aromatic nitrogens is 1. The second-order valence-corrected chi connectivity index (χ2v) is 9.09. The molecule has 0 saturated heterocycles. The van der Waals surface area contributed by atoms with Gasteiger partial charge >= 0.3 is 6.03 Å². The molecule has 4 aromatic rings. The number of H-pyrrole nitrogens is 1. The number of hydrogen-bond acceptors (Lipinski definition) is 2. The van der Waals surface area contributed by atoms with Gasteiger partial charge in [0.2, 0.25) is 0 Å². The largest absolute Gasteiger partial charge is 0.497 e. The van der Waals surface area contributed by atoms with Gasteiger partial charge < -0.3 is 19.9 Å². The number of aromatic amines is 1. The van der Waals surface area contributed by atoms with E-state index < -0.39 is 0 Å². The first-order chi connectivity index (χ1) is 15.9. The summed E-state index contributed by atoms with van der Waals surface area (Å²) in [5.74, 6) is 0.767. The molecule has 0 bridgehead atoms. The number of carbonyl (C=O) groups excluding carboxylic acids is 1. The maximum Gasteiger partial charge on any atom is 0.322 e. The zero-order valence-corrected chi connectivity index (χ0v) is 19.8. The van der Waals surface area contributed by atoms with Gasteiger partial charge in [-0.1, -0.05) is 41.4 Å². The Kier molecular flexibility index (Phi) is 5.69. The van der Waals surface area contributed by atoms with Crippen molar-refractivity contribution in [2.75, 3.05) is 19.0 Å². The molecule has 3 aromatic carbocycles. The van der Waals surface area contributed by atoms with E-state index in [0.717, 1.165) is 39.9 Å². The van der Waals surface area contributed by atoms with Gasteiger partial charge in [-0.15, -0.1) is 0 Å². The zero-order valence-electron chi connectivity index (χ0n) is 18.3. The predicted molar refractivity (Wildman–Crippen MR) is 134 cm³/mol. The maximum atomic E-state index is 13.5. The van der Waals surface area contributed by atoms with Gasteiger partial charge in [-0.2, -0.15) is 0 Å². The van der Waals surface area contributed by atoms with Crippen LogP contribution in [0.3, 0.4) is 0 Å². The van der Waals surface area contributed by atoms with Crippen LogP contribution >= 0.6 is 23.2 Å². The molecule has 0 saturated carbocycles. The third-order valence-electron chi connectivity index (χ3n) is 6.22. The van der Waals surface area contributed by atoms with Crippen LogP contribution in [-0.4, -0.2) is 29.6 Å². The molecule has 1 aromatic heterocycles. The number of carbonyl (C=O) groups is 1. The molecule has 7 heteroatoms. The van der Waals surface area contributed by atoms with E-state index in [1.165, 1.54) is 5.56 Å². The SMILES string of the molecule is COc1ccc([C@@H]2c3[nH]c4ccc(Cl)cc4c3CCN2C(=O)Nc2cc(Cl)ccc2C)cc1. The molecule has 0 radical (unpaired) electrons. The minimum absolute atomic E-state index is 0.177. The van der Waals surface area contributed by atoms with Gasteiger partial charge in [0.1, 0.15) is 5.75 Å². The molecule has 0 aliphatic carbocycles. The van der Waals surface area contributed by atoms with E-state index in [4.69, 9.17) is 27.9 Å². The third kappa shape index (κ3) is 4.03. The molecule has 168 valence electrons. The van der Waals surface area contributed by atoms with Gasteiger partial charge in [-0.25, -0.2) is 4.79 Å². The number of ether oxygens (including phenoxy) is 1. The molecule has 5 nitrogen and oxygen atoms in total. The molecule has 2 N–H and O–H groups in total. The normalized spacial score (nSPS) is 15.4. The Balaban J connectivity index is 1.59. The second-order valence-electron chi connectivity index (χ2n) is 8.22. The number of nitrogens with one attached hydrogen (secondary N) is 2. The average molecular weight is 480 g/mol. The van der Waals surface area contributed by atoms with E-state index in [9.17, 15) is 4.79 Å². The van der Waals surface area contributed by atoms with Crippen LogP contribution in [0.4, 0.5) is 10.5 Å². The molecule has 0 spiro atoms. The van der Waals surface area contributed by atoms with Crippen molar-refractivity contribution in [1.29, 1.82) is 0 Å². The number of benzene rings is 3. The van der Waals surface area contributed by atoms with Gasteiger partial charge in [0.25, 0.3) is 0 Å². The molecule has 1 aliphatic rings. The van der Waals surface area contributed by atoms with Crippen LogP contribution in [0.2, 0.25) is 10.0 Å². The van der Waals surface area contributed by atoms with Crippen LogP contribution in [0.5, 0.6) is 5.75 Å². The van der Waals surface area contributed by atoms with Gasteiger partial charge in [-0.05, 0) is 72.5 Å². The standard InChI is InChI=1S/C26H23Cl2N3O2/c1-15-3-6-18(28)14-23(15)30-26(32)31-12-11-20-21-13-17(27)7-10-22(21)29-24(20)25(31)16-4-8-19(33-2)9-5-16/h3-10,13-14,25,29H,11-12H2,1-2H3,(H,30,32)/t25-/m1/s1. The molecule has 2 amide bonds. The van der Waals surface area contributed by atoms with Crippen LogP contribution in [-0.2, 0) is 6.42 Å². The summed E-state index contributed by atoms with van der Waals surface area (Å²) >= 11 is 12.5. The van der Waals surface area contributed by atoms with Gasteiger partial charge in [0.05, 0.1) is 13.2 Å². The van der Waals surface area contributed by atoms with Crippen molar-refractivity contribution < 1.29 is 9.53 Å². The molecule has 0 fully saturated rings. The van der Waals surface area contributed by atoms with Crippen LogP contribution in [0.25, 0.3) is 10.9 Å². The molecular formula is C26H23Cl2N3O2. The first kappa shape index (κ1) is 21.7. The number of nitrogens with zero attached hydrogens (tertiary/aromatic N) is 1. The number of halogens is 2. The van der Waals surface area contributed by atoms with Gasteiger partial charge in [0, 0.05) is 38.9 Å². The summed E-state index contributed by atoms with van der Waals surface area (Å²) in [6.07, 6.45) is 0.726. The van der Waals surface area contributed by atoms with Crippen molar-refractivity contribution in [2.45, 2.75) is 19.4 Å². The van der Waals surface area contributed by atoms with Crippen molar-refractivity contribution in [2.24, 2.45) is 0 Å². The highest BCUT2D eigenvalue weighted by molar-refractivity contribution is 6.31. The smallest absolute Gasteiger partial charge is 0.322 e. The summed E-state index contributed by atoms with van der Waals surface area (Å²) in [4.78, 5) is 18.9. The van der Waals surface area contributed by atoms with Crippen molar-refractivity contribution in [3.8, 4) is 5.75 Å². The lowest BCUT2D eigenvalue weighted by atomic mass is 9.92. The first-order valence-electron chi connectivity index (χ1n) is 10.7. The number of rotatable bonds is 3. The predicted octanol–water partition coefficient (Wildman–Crippen LogP) is 6.97. The first-order valence-corrected chi connectivity index (χ1v) is 11.5. The summed E-state index contributed by atoms with van der Waals surface area (Å²) in [7, 11) is 1.64. The van der Waals surface area contributed by atoms with E-state index in [1.54, 1.807) is 13.2 Å². The number of amides is 2. The van der Waals surface area contributed by atoms with Crippen LogP contribution < -0.4 is 10.1 Å². The number of anilines is 1. The second kappa shape index (κ2) is 8.65. The fourth-order valence-electron chi connectivity index (χ4n) is 4.53. The van der Waals surface area contributed by atoms with Crippen molar-refractivity contribution in [3.05, 3.63) is 93.1 Å².